The maximum Gasteiger partial charge on any atom is 0.573 e. The third-order valence-corrected chi connectivity index (χ3v) is 10.5. The van der Waals surface area contributed by atoms with E-state index in [1.807, 2.05) is 0 Å². The van der Waals surface area contributed by atoms with Gasteiger partial charge in [-0.1, -0.05) is 60.7 Å². The van der Waals surface area contributed by atoms with Crippen LogP contribution in [0.2, 0.25) is 0 Å². The van der Waals surface area contributed by atoms with Crippen molar-refractivity contribution >= 4 is 18.1 Å². The van der Waals surface area contributed by atoms with Gasteiger partial charge in [0.05, 0.1) is 0 Å². The minimum Gasteiger partial charge on any atom is -0.406 e. The van der Waals surface area contributed by atoms with Gasteiger partial charge in [0.15, 0.2) is 0 Å². The van der Waals surface area contributed by atoms with Crippen molar-refractivity contribution in [3.8, 4) is 28.0 Å². The van der Waals surface area contributed by atoms with Crippen LogP contribution in [-0.4, -0.2) is 30.4 Å². The predicted octanol–water partition coefficient (Wildman–Crippen LogP) is 11.9. The molecule has 0 bridgehead atoms. The zero-order chi connectivity index (χ0) is 35.6. The molecule has 51 heavy (non-hydrogen) atoms. The molecule has 6 rings (SSSR count). The molecule has 5 aromatic rings. The number of hydrogen-bond donors (Lipinski definition) is 0. The summed E-state index contributed by atoms with van der Waals surface area (Å²) >= 11 is 0. The van der Waals surface area contributed by atoms with E-state index >= 15 is 0 Å². The number of aryl methyl sites for hydroxylation is 4. The van der Waals surface area contributed by atoms with Gasteiger partial charge in [-0.3, -0.25) is 4.90 Å². The zero-order valence-electron chi connectivity index (χ0n) is 30.4. The summed E-state index contributed by atoms with van der Waals surface area (Å²) in [5.74, 6) is -0.207. The summed E-state index contributed by atoms with van der Waals surface area (Å²) in [7, 11) is 0. The van der Waals surface area contributed by atoms with E-state index < -0.39 is 6.36 Å². The van der Waals surface area contributed by atoms with Crippen LogP contribution in [0.3, 0.4) is 0 Å². The zero-order valence-corrected chi connectivity index (χ0v) is 31.2. The van der Waals surface area contributed by atoms with Crippen LogP contribution in [0.15, 0.2) is 97.1 Å². The van der Waals surface area contributed by atoms with Gasteiger partial charge in [-0.2, -0.15) is 0 Å². The van der Waals surface area contributed by atoms with Crippen molar-refractivity contribution in [2.45, 2.75) is 79.9 Å². The molecule has 0 aromatic heterocycles. The Hall–Kier alpha value is -4.26. The fourth-order valence-electron chi connectivity index (χ4n) is 7.22. The molecule has 0 N–H and O–H groups in total. The third kappa shape index (κ3) is 9.35. The van der Waals surface area contributed by atoms with E-state index in [9.17, 15) is 13.2 Å². The van der Waals surface area contributed by atoms with Crippen LogP contribution in [-0.2, 0) is 13.1 Å². The summed E-state index contributed by atoms with van der Waals surface area (Å²) < 4.78 is 43.0. The SMILES string of the molecule is Cc1cc(-c2cccc(CN3CCC(N(Cc4cccc(-c5cc(C)c(C)c(C)c5)c4)c4ccc(OC(F)(F)F)cc4)CC3)c2)cc(C)c1C.Cl. The molecule has 0 aliphatic carbocycles. The third-order valence-electron chi connectivity index (χ3n) is 10.5. The largest absolute Gasteiger partial charge is 0.573 e. The van der Waals surface area contributed by atoms with E-state index in [2.05, 4.69) is 129 Å². The van der Waals surface area contributed by atoms with Crippen molar-refractivity contribution < 1.29 is 17.9 Å². The highest BCUT2D eigenvalue weighted by atomic mass is 35.5. The highest BCUT2D eigenvalue weighted by molar-refractivity contribution is 5.85. The second-order valence-electron chi connectivity index (χ2n) is 14.0. The molecule has 268 valence electrons. The Bertz CT molecular complexity index is 1920. The first-order chi connectivity index (χ1) is 23.8. The maximum absolute atomic E-state index is 12.9. The number of likely N-dealkylation sites (tertiary alicyclic amines) is 1. The van der Waals surface area contributed by atoms with E-state index in [4.69, 9.17) is 0 Å². The number of piperidine rings is 1. The number of nitrogens with zero attached hydrogens (tertiary/aromatic N) is 2. The van der Waals surface area contributed by atoms with Gasteiger partial charge in [-0.25, -0.2) is 0 Å². The Labute approximate surface area is 307 Å². The van der Waals surface area contributed by atoms with Crippen molar-refractivity contribution in [1.82, 2.24) is 4.90 Å². The number of anilines is 1. The number of hydrogen-bond acceptors (Lipinski definition) is 3. The van der Waals surface area contributed by atoms with E-state index in [-0.39, 0.29) is 24.2 Å². The smallest absolute Gasteiger partial charge is 0.406 e. The van der Waals surface area contributed by atoms with E-state index in [1.165, 1.54) is 67.8 Å². The summed E-state index contributed by atoms with van der Waals surface area (Å²) in [5.41, 5.74) is 16.0. The summed E-state index contributed by atoms with van der Waals surface area (Å²) in [6.45, 7) is 16.4. The van der Waals surface area contributed by atoms with Crippen LogP contribution < -0.4 is 9.64 Å². The molecule has 0 atom stereocenters. The van der Waals surface area contributed by atoms with Gasteiger partial charge < -0.3 is 9.64 Å². The monoisotopic (exact) mass is 712 g/mol. The molecule has 7 heteroatoms. The summed E-state index contributed by atoms with van der Waals surface area (Å²) in [6.07, 6.45) is -2.82. The van der Waals surface area contributed by atoms with Crippen LogP contribution in [0.5, 0.6) is 5.75 Å². The van der Waals surface area contributed by atoms with Gasteiger partial charge in [0.25, 0.3) is 0 Å². The lowest BCUT2D eigenvalue weighted by molar-refractivity contribution is -0.274. The Kier molecular flexibility index (Phi) is 11.9. The predicted molar refractivity (Wildman–Crippen MR) is 207 cm³/mol. The summed E-state index contributed by atoms with van der Waals surface area (Å²) in [6, 6.07) is 33.1. The Balaban J connectivity index is 0.00000504. The molecule has 1 aliphatic rings. The molecule has 0 radical (unpaired) electrons. The minimum atomic E-state index is -4.72. The number of alkyl halides is 3. The Morgan fingerprint density at radius 2 is 1.10 bits per heavy atom. The first-order valence-corrected chi connectivity index (χ1v) is 17.5. The highest BCUT2D eigenvalue weighted by Gasteiger charge is 2.31. The second kappa shape index (κ2) is 16.0. The number of rotatable bonds is 9. The van der Waals surface area contributed by atoms with Crippen LogP contribution in [0.4, 0.5) is 18.9 Å². The van der Waals surface area contributed by atoms with Gasteiger partial charge >= 0.3 is 6.36 Å². The topological polar surface area (TPSA) is 15.7 Å². The van der Waals surface area contributed by atoms with Crippen LogP contribution in [0.25, 0.3) is 22.3 Å². The van der Waals surface area contributed by atoms with Crippen LogP contribution in [0, 0.1) is 41.5 Å². The number of ether oxygens (including phenoxy) is 1. The highest BCUT2D eigenvalue weighted by Crippen LogP contribution is 2.32. The van der Waals surface area contributed by atoms with Crippen molar-refractivity contribution in [1.29, 1.82) is 0 Å². The quantitative estimate of drug-likeness (QED) is 0.151. The van der Waals surface area contributed by atoms with Gasteiger partial charge in [0.1, 0.15) is 5.75 Å². The normalized spacial score (nSPS) is 13.9. The van der Waals surface area contributed by atoms with E-state index in [0.717, 1.165) is 49.3 Å². The van der Waals surface area contributed by atoms with Gasteiger partial charge in [0.2, 0.25) is 0 Å². The molecule has 1 aliphatic heterocycles. The fraction of sp³-hybridized carbons (Fsp3) is 0.318. The first-order valence-electron chi connectivity index (χ1n) is 17.5. The summed E-state index contributed by atoms with van der Waals surface area (Å²) in [4.78, 5) is 4.88. The first kappa shape index (κ1) is 38.0. The molecule has 0 saturated carbocycles. The lowest BCUT2D eigenvalue weighted by Crippen LogP contribution is -2.44. The van der Waals surface area contributed by atoms with Crippen molar-refractivity contribution in [2.75, 3.05) is 18.0 Å². The standard InChI is InChI=1S/C44H47F3N2O.ClH/c1-29-21-39(22-30(2)33(29)5)37-11-7-9-35(25-37)27-48-19-17-42(18-20-48)49(41-13-15-43(16-14-41)50-44(45,46)47)28-36-10-8-12-38(26-36)40-23-31(3)34(6)32(4)24-40;/h7-16,21-26,42H,17-20,27-28H2,1-6H3;1H. The molecule has 1 saturated heterocycles. The molecule has 1 fully saturated rings. The molecule has 3 nitrogen and oxygen atoms in total. The van der Waals surface area contributed by atoms with Gasteiger partial charge in [0, 0.05) is 37.9 Å². The van der Waals surface area contributed by atoms with Gasteiger partial charge in [-0.05, 0) is 158 Å². The van der Waals surface area contributed by atoms with E-state index in [1.54, 1.807) is 12.1 Å². The Morgan fingerprint density at radius 1 is 0.627 bits per heavy atom. The van der Waals surface area contributed by atoms with Gasteiger partial charge in [-0.15, -0.1) is 25.6 Å². The molecule has 1 heterocycles. The lowest BCUT2D eigenvalue weighted by atomic mass is 9.95. The average molecular weight is 713 g/mol. The van der Waals surface area contributed by atoms with Crippen molar-refractivity contribution in [3.63, 3.8) is 0 Å². The Morgan fingerprint density at radius 3 is 1.59 bits per heavy atom. The van der Waals surface area contributed by atoms with Crippen molar-refractivity contribution in [2.24, 2.45) is 0 Å². The van der Waals surface area contributed by atoms with Crippen molar-refractivity contribution in [3.05, 3.63) is 142 Å². The lowest BCUT2D eigenvalue weighted by Gasteiger charge is -2.40. The molecule has 0 unspecified atom stereocenters. The number of halogens is 4. The van der Waals surface area contributed by atoms with Crippen LogP contribution >= 0.6 is 12.4 Å². The fourth-order valence-corrected chi connectivity index (χ4v) is 7.22. The molecule has 0 spiro atoms. The number of benzene rings is 5. The minimum absolute atomic E-state index is 0. The van der Waals surface area contributed by atoms with Crippen LogP contribution in [0.1, 0.15) is 57.3 Å². The average Bonchev–Trinajstić information content (AvgIpc) is 3.08. The second-order valence-corrected chi connectivity index (χ2v) is 14.0. The molecule has 5 aromatic carbocycles. The maximum atomic E-state index is 12.9. The molecular weight excluding hydrogens is 665 g/mol. The molecule has 0 amide bonds. The van der Waals surface area contributed by atoms with E-state index in [0.29, 0.717) is 6.54 Å². The summed E-state index contributed by atoms with van der Waals surface area (Å²) in [5, 5.41) is 0. The molecular formula is C44H48ClF3N2O.